The molecule has 0 aliphatic carbocycles. The van der Waals surface area contributed by atoms with E-state index >= 15 is 0 Å². The Morgan fingerprint density at radius 3 is 2.18 bits per heavy atom. The summed E-state index contributed by atoms with van der Waals surface area (Å²) >= 11 is 5.88. The maximum absolute atomic E-state index is 14.1. The molecule has 0 N–H and O–H groups in total. The van der Waals surface area contributed by atoms with Gasteiger partial charge in [0.2, 0.25) is 0 Å². The largest absolute Gasteiger partial charge is 0.206 e. The molecule has 110 valence electrons. The Morgan fingerprint density at radius 1 is 0.909 bits per heavy atom. The summed E-state index contributed by atoms with van der Waals surface area (Å²) < 4.78 is 28.2. The molecule has 0 saturated carbocycles. The van der Waals surface area contributed by atoms with Crippen LogP contribution >= 0.6 is 11.6 Å². The number of rotatable bonds is 2. The Kier molecular flexibility index (Phi) is 3.86. The van der Waals surface area contributed by atoms with Crippen LogP contribution in [-0.4, -0.2) is 10.2 Å². The standard InChI is InChI=1S/C17H11ClF2N2/c1-10-9-13(16-14(19)3-2-4-15(16)20)17(22-21-10)11-5-7-12(18)8-6-11/h2-9H,1H3. The summed E-state index contributed by atoms with van der Waals surface area (Å²) in [5.41, 5.74) is 1.94. The van der Waals surface area contributed by atoms with Gasteiger partial charge in [0.1, 0.15) is 17.3 Å². The molecule has 3 rings (SSSR count). The van der Waals surface area contributed by atoms with Gasteiger partial charge in [0.25, 0.3) is 0 Å². The lowest BCUT2D eigenvalue weighted by Crippen LogP contribution is -1.98. The maximum atomic E-state index is 14.1. The predicted octanol–water partition coefficient (Wildman–Crippen LogP) is 5.05. The van der Waals surface area contributed by atoms with Crippen molar-refractivity contribution < 1.29 is 8.78 Å². The fourth-order valence-electron chi connectivity index (χ4n) is 2.26. The molecule has 1 aromatic heterocycles. The second-order valence-electron chi connectivity index (χ2n) is 4.85. The van der Waals surface area contributed by atoms with E-state index in [2.05, 4.69) is 10.2 Å². The summed E-state index contributed by atoms with van der Waals surface area (Å²) in [4.78, 5) is 0. The fourth-order valence-corrected chi connectivity index (χ4v) is 2.38. The minimum atomic E-state index is -0.636. The van der Waals surface area contributed by atoms with Crippen molar-refractivity contribution >= 4 is 11.6 Å². The van der Waals surface area contributed by atoms with Crippen molar-refractivity contribution in [2.75, 3.05) is 0 Å². The molecule has 0 aliphatic heterocycles. The first-order valence-corrected chi connectivity index (χ1v) is 6.98. The smallest absolute Gasteiger partial charge is 0.134 e. The van der Waals surface area contributed by atoms with Gasteiger partial charge in [0.15, 0.2) is 0 Å². The number of halogens is 3. The molecule has 0 amide bonds. The summed E-state index contributed by atoms with van der Waals surface area (Å²) in [5.74, 6) is -1.27. The van der Waals surface area contributed by atoms with Crippen molar-refractivity contribution in [3.63, 3.8) is 0 Å². The highest BCUT2D eigenvalue weighted by Gasteiger charge is 2.17. The third-order valence-corrected chi connectivity index (χ3v) is 3.52. The van der Waals surface area contributed by atoms with E-state index < -0.39 is 11.6 Å². The van der Waals surface area contributed by atoms with Crippen LogP contribution < -0.4 is 0 Å². The van der Waals surface area contributed by atoms with Gasteiger partial charge in [0, 0.05) is 16.1 Å². The van der Waals surface area contributed by atoms with Crippen LogP contribution in [0.5, 0.6) is 0 Å². The van der Waals surface area contributed by atoms with E-state index in [1.165, 1.54) is 18.2 Å². The highest BCUT2D eigenvalue weighted by atomic mass is 35.5. The summed E-state index contributed by atoms with van der Waals surface area (Å²) in [6.45, 7) is 1.72. The highest BCUT2D eigenvalue weighted by Crippen LogP contribution is 2.34. The third kappa shape index (κ3) is 2.70. The lowest BCUT2D eigenvalue weighted by Gasteiger charge is -2.11. The van der Waals surface area contributed by atoms with E-state index in [1.807, 2.05) is 0 Å². The van der Waals surface area contributed by atoms with Gasteiger partial charge >= 0.3 is 0 Å². The molecule has 22 heavy (non-hydrogen) atoms. The molecule has 0 fully saturated rings. The van der Waals surface area contributed by atoms with Crippen molar-refractivity contribution in [3.05, 3.63) is 70.9 Å². The number of aryl methyl sites for hydroxylation is 1. The van der Waals surface area contributed by atoms with Crippen LogP contribution in [0.1, 0.15) is 5.69 Å². The van der Waals surface area contributed by atoms with E-state index in [0.717, 1.165) is 0 Å². The number of nitrogens with zero attached hydrogens (tertiary/aromatic N) is 2. The normalized spacial score (nSPS) is 10.7. The number of aromatic nitrogens is 2. The molecular weight excluding hydrogens is 306 g/mol. The van der Waals surface area contributed by atoms with Crippen molar-refractivity contribution in [3.8, 4) is 22.4 Å². The van der Waals surface area contributed by atoms with Gasteiger partial charge < -0.3 is 0 Å². The zero-order valence-corrected chi connectivity index (χ0v) is 12.4. The molecule has 3 aromatic rings. The molecule has 2 aromatic carbocycles. The second kappa shape index (κ2) is 5.81. The second-order valence-corrected chi connectivity index (χ2v) is 5.29. The Labute approximate surface area is 131 Å². The molecule has 0 radical (unpaired) electrons. The first kappa shape index (κ1) is 14.6. The lowest BCUT2D eigenvalue weighted by atomic mass is 9.98. The van der Waals surface area contributed by atoms with Crippen LogP contribution in [0.3, 0.4) is 0 Å². The zero-order valence-electron chi connectivity index (χ0n) is 11.6. The Morgan fingerprint density at radius 2 is 1.55 bits per heavy atom. The van der Waals surface area contributed by atoms with Gasteiger partial charge in [-0.1, -0.05) is 29.8 Å². The van der Waals surface area contributed by atoms with E-state index in [0.29, 0.717) is 27.5 Å². The molecule has 1 heterocycles. The maximum Gasteiger partial charge on any atom is 0.134 e. The summed E-state index contributed by atoms with van der Waals surface area (Å²) in [6, 6.07) is 12.3. The van der Waals surface area contributed by atoms with Gasteiger partial charge in [-0.25, -0.2) is 8.78 Å². The molecular formula is C17H11ClF2N2. The van der Waals surface area contributed by atoms with Crippen molar-refractivity contribution in [1.29, 1.82) is 0 Å². The van der Waals surface area contributed by atoms with Crippen LogP contribution in [0.25, 0.3) is 22.4 Å². The van der Waals surface area contributed by atoms with Gasteiger partial charge in [0.05, 0.1) is 11.3 Å². The zero-order chi connectivity index (χ0) is 15.7. The molecule has 0 spiro atoms. The first-order valence-electron chi connectivity index (χ1n) is 6.61. The Hall–Kier alpha value is -2.33. The van der Waals surface area contributed by atoms with Gasteiger partial charge in [-0.2, -0.15) is 5.10 Å². The minimum Gasteiger partial charge on any atom is -0.206 e. The monoisotopic (exact) mass is 316 g/mol. The summed E-state index contributed by atoms with van der Waals surface area (Å²) in [7, 11) is 0. The highest BCUT2D eigenvalue weighted by molar-refractivity contribution is 6.30. The average molecular weight is 317 g/mol. The number of hydrogen-bond donors (Lipinski definition) is 0. The van der Waals surface area contributed by atoms with Gasteiger partial charge in [-0.15, -0.1) is 5.10 Å². The van der Waals surface area contributed by atoms with E-state index in [4.69, 9.17) is 11.6 Å². The predicted molar refractivity (Wildman–Crippen MR) is 82.6 cm³/mol. The van der Waals surface area contributed by atoms with E-state index in [1.54, 1.807) is 37.3 Å². The van der Waals surface area contributed by atoms with Crippen molar-refractivity contribution in [2.24, 2.45) is 0 Å². The lowest BCUT2D eigenvalue weighted by molar-refractivity contribution is 0.589. The quantitative estimate of drug-likeness (QED) is 0.661. The van der Waals surface area contributed by atoms with Crippen LogP contribution in [0.15, 0.2) is 48.5 Å². The van der Waals surface area contributed by atoms with Crippen molar-refractivity contribution in [1.82, 2.24) is 10.2 Å². The molecule has 0 saturated heterocycles. The molecule has 2 nitrogen and oxygen atoms in total. The summed E-state index contributed by atoms with van der Waals surface area (Å²) in [5, 5.41) is 8.68. The number of hydrogen-bond acceptors (Lipinski definition) is 2. The van der Waals surface area contributed by atoms with Crippen LogP contribution in [0.2, 0.25) is 5.02 Å². The van der Waals surface area contributed by atoms with Crippen LogP contribution in [-0.2, 0) is 0 Å². The van der Waals surface area contributed by atoms with Crippen LogP contribution in [0.4, 0.5) is 8.78 Å². The Balaban J connectivity index is 2.27. The molecule has 0 aliphatic rings. The van der Waals surface area contributed by atoms with Gasteiger partial charge in [-0.3, -0.25) is 0 Å². The van der Waals surface area contributed by atoms with Crippen LogP contribution in [0, 0.1) is 18.6 Å². The molecule has 0 unspecified atom stereocenters. The molecule has 0 atom stereocenters. The average Bonchev–Trinajstić information content (AvgIpc) is 2.48. The Bertz CT molecular complexity index is 812. The first-order chi connectivity index (χ1) is 10.6. The van der Waals surface area contributed by atoms with E-state index in [9.17, 15) is 8.78 Å². The van der Waals surface area contributed by atoms with Crippen molar-refractivity contribution in [2.45, 2.75) is 6.92 Å². The minimum absolute atomic E-state index is 0.106. The van der Waals surface area contributed by atoms with E-state index in [-0.39, 0.29) is 5.56 Å². The fraction of sp³-hybridized carbons (Fsp3) is 0.0588. The SMILES string of the molecule is Cc1cc(-c2c(F)cccc2F)c(-c2ccc(Cl)cc2)nn1. The number of benzene rings is 2. The topological polar surface area (TPSA) is 25.8 Å². The third-order valence-electron chi connectivity index (χ3n) is 3.27. The van der Waals surface area contributed by atoms with Gasteiger partial charge in [-0.05, 0) is 37.3 Å². The molecule has 0 bridgehead atoms. The molecule has 5 heteroatoms. The summed E-state index contributed by atoms with van der Waals surface area (Å²) in [6.07, 6.45) is 0.